The summed E-state index contributed by atoms with van der Waals surface area (Å²) in [6, 6.07) is 11.6. The number of nitrogens with zero attached hydrogens (tertiary/aromatic N) is 2. The summed E-state index contributed by atoms with van der Waals surface area (Å²) in [4.78, 5) is 15.4. The lowest BCUT2D eigenvalue weighted by Gasteiger charge is -2.04. The second kappa shape index (κ2) is 4.98. The molecule has 17 heavy (non-hydrogen) atoms. The third kappa shape index (κ3) is 2.63. The molecular formula is C13H10N2OS. The van der Waals surface area contributed by atoms with Gasteiger partial charge in [-0.1, -0.05) is 30.0 Å². The molecule has 4 heteroatoms. The van der Waals surface area contributed by atoms with Gasteiger partial charge in [0.2, 0.25) is 0 Å². The van der Waals surface area contributed by atoms with Crippen LogP contribution < -0.4 is 0 Å². The minimum absolute atomic E-state index is 0.0776. The Balaban J connectivity index is 2.46. The number of ketones is 1. The van der Waals surface area contributed by atoms with Gasteiger partial charge in [-0.2, -0.15) is 5.26 Å². The number of fused-ring (bicyclic) bond motifs is 1. The number of Topliss-reactive ketones (excluding diaryl/α,β-unsaturated/α-hetero) is 1. The van der Waals surface area contributed by atoms with E-state index in [9.17, 15) is 4.79 Å². The zero-order valence-corrected chi connectivity index (χ0v) is 10.1. The van der Waals surface area contributed by atoms with Gasteiger partial charge in [0, 0.05) is 5.39 Å². The van der Waals surface area contributed by atoms with Gasteiger partial charge in [0.25, 0.3) is 0 Å². The second-order valence-electron chi connectivity index (χ2n) is 3.64. The maximum Gasteiger partial charge on any atom is 0.140 e. The molecular weight excluding hydrogens is 232 g/mol. The van der Waals surface area contributed by atoms with E-state index in [1.807, 2.05) is 30.3 Å². The molecule has 0 amide bonds. The minimum Gasteiger partial charge on any atom is -0.299 e. The first-order valence-corrected chi connectivity index (χ1v) is 6.11. The average molecular weight is 242 g/mol. The Morgan fingerprint density at radius 1 is 1.47 bits per heavy atom. The van der Waals surface area contributed by atoms with E-state index in [-0.39, 0.29) is 5.78 Å². The van der Waals surface area contributed by atoms with Crippen LogP contribution >= 0.6 is 11.8 Å². The second-order valence-corrected chi connectivity index (χ2v) is 4.60. The van der Waals surface area contributed by atoms with E-state index in [2.05, 4.69) is 11.1 Å². The highest BCUT2D eigenvalue weighted by atomic mass is 32.2. The number of pyridine rings is 1. The molecule has 0 bridgehead atoms. The molecule has 0 aliphatic heterocycles. The van der Waals surface area contributed by atoms with Crippen molar-refractivity contribution in [3.8, 4) is 6.07 Å². The molecule has 0 spiro atoms. The molecule has 0 N–H and O–H groups in total. The molecule has 0 aliphatic carbocycles. The Bertz CT molecular complexity index is 616. The van der Waals surface area contributed by atoms with E-state index >= 15 is 0 Å². The minimum atomic E-state index is 0.0776. The van der Waals surface area contributed by atoms with Crippen molar-refractivity contribution in [2.24, 2.45) is 0 Å². The largest absolute Gasteiger partial charge is 0.299 e. The van der Waals surface area contributed by atoms with Gasteiger partial charge in [-0.25, -0.2) is 4.98 Å². The van der Waals surface area contributed by atoms with Gasteiger partial charge in [-0.05, 0) is 19.1 Å². The standard InChI is InChI=1S/C13H10N2OS/c1-9(16)8-17-13-11(7-14)6-10-4-2-3-5-12(10)15-13/h2-6H,8H2,1H3. The van der Waals surface area contributed by atoms with Crippen LogP contribution in [0.25, 0.3) is 10.9 Å². The van der Waals surface area contributed by atoms with Crippen molar-refractivity contribution in [2.75, 3.05) is 5.75 Å². The highest BCUT2D eigenvalue weighted by molar-refractivity contribution is 8.00. The molecule has 0 saturated heterocycles. The lowest BCUT2D eigenvalue weighted by molar-refractivity contribution is -0.114. The van der Waals surface area contributed by atoms with Gasteiger partial charge in [0.15, 0.2) is 0 Å². The van der Waals surface area contributed by atoms with Crippen molar-refractivity contribution in [3.63, 3.8) is 0 Å². The zero-order valence-electron chi connectivity index (χ0n) is 9.30. The quantitative estimate of drug-likeness (QED) is 0.776. The van der Waals surface area contributed by atoms with Crippen LogP contribution in [0.5, 0.6) is 0 Å². The third-order valence-corrected chi connectivity index (χ3v) is 3.36. The molecule has 1 heterocycles. The summed E-state index contributed by atoms with van der Waals surface area (Å²) in [5, 5.41) is 10.6. The molecule has 3 nitrogen and oxygen atoms in total. The number of benzene rings is 1. The van der Waals surface area contributed by atoms with Crippen LogP contribution in [0.4, 0.5) is 0 Å². The topological polar surface area (TPSA) is 53.8 Å². The SMILES string of the molecule is CC(=O)CSc1nc2ccccc2cc1C#N. The predicted molar refractivity (Wildman–Crippen MR) is 67.9 cm³/mol. The van der Waals surface area contributed by atoms with Gasteiger partial charge in [0.05, 0.1) is 16.8 Å². The van der Waals surface area contributed by atoms with Gasteiger partial charge in [-0.15, -0.1) is 0 Å². The van der Waals surface area contributed by atoms with Crippen molar-refractivity contribution < 1.29 is 4.79 Å². The highest BCUT2D eigenvalue weighted by Crippen LogP contribution is 2.24. The summed E-state index contributed by atoms with van der Waals surface area (Å²) in [6.45, 7) is 1.53. The fraction of sp³-hybridized carbons (Fsp3) is 0.154. The molecule has 0 fully saturated rings. The van der Waals surface area contributed by atoms with E-state index in [0.29, 0.717) is 16.3 Å². The van der Waals surface area contributed by atoms with Gasteiger partial charge in [0.1, 0.15) is 16.9 Å². The summed E-state index contributed by atoms with van der Waals surface area (Å²) in [5.41, 5.74) is 1.37. The Hall–Kier alpha value is -1.86. The van der Waals surface area contributed by atoms with Gasteiger partial charge in [-0.3, -0.25) is 4.79 Å². The maximum atomic E-state index is 10.9. The fourth-order valence-corrected chi connectivity index (χ4v) is 2.22. The Labute approximate surface area is 103 Å². The normalized spacial score (nSPS) is 10.1. The number of aromatic nitrogens is 1. The fourth-order valence-electron chi connectivity index (χ4n) is 1.46. The number of para-hydroxylation sites is 1. The molecule has 0 unspecified atom stereocenters. The first-order valence-electron chi connectivity index (χ1n) is 5.13. The molecule has 1 aromatic carbocycles. The van der Waals surface area contributed by atoms with Crippen molar-refractivity contribution >= 4 is 28.4 Å². The van der Waals surface area contributed by atoms with E-state index < -0.39 is 0 Å². The summed E-state index contributed by atoms with van der Waals surface area (Å²) in [5.74, 6) is 0.425. The molecule has 2 aromatic rings. The van der Waals surface area contributed by atoms with Crippen molar-refractivity contribution in [1.82, 2.24) is 4.98 Å². The summed E-state index contributed by atoms with van der Waals surface area (Å²) >= 11 is 1.31. The van der Waals surface area contributed by atoms with Crippen LogP contribution in [-0.4, -0.2) is 16.5 Å². The lowest BCUT2D eigenvalue weighted by atomic mass is 10.2. The molecule has 0 radical (unpaired) electrons. The van der Waals surface area contributed by atoms with Crippen LogP contribution in [0.15, 0.2) is 35.4 Å². The number of carbonyl (C=O) groups is 1. The monoisotopic (exact) mass is 242 g/mol. The molecule has 0 atom stereocenters. The number of nitriles is 1. The predicted octanol–water partition coefficient (Wildman–Crippen LogP) is 2.79. The number of carbonyl (C=O) groups excluding carboxylic acids is 1. The smallest absolute Gasteiger partial charge is 0.140 e. The lowest BCUT2D eigenvalue weighted by Crippen LogP contribution is -1.96. The molecule has 0 aliphatic rings. The Kier molecular flexibility index (Phi) is 3.40. The molecule has 84 valence electrons. The van der Waals surface area contributed by atoms with Crippen molar-refractivity contribution in [2.45, 2.75) is 11.9 Å². The summed E-state index contributed by atoms with van der Waals surface area (Å²) in [7, 11) is 0. The van der Waals surface area contributed by atoms with E-state index in [0.717, 1.165) is 10.9 Å². The Morgan fingerprint density at radius 2 is 2.24 bits per heavy atom. The number of hydrogen-bond donors (Lipinski definition) is 0. The van der Waals surface area contributed by atoms with E-state index in [1.165, 1.54) is 18.7 Å². The zero-order chi connectivity index (χ0) is 12.3. The van der Waals surface area contributed by atoms with Gasteiger partial charge >= 0.3 is 0 Å². The summed E-state index contributed by atoms with van der Waals surface area (Å²) in [6.07, 6.45) is 0. The first kappa shape index (κ1) is 11.6. The van der Waals surface area contributed by atoms with E-state index in [1.54, 1.807) is 0 Å². The molecule has 2 rings (SSSR count). The van der Waals surface area contributed by atoms with Crippen molar-refractivity contribution in [3.05, 3.63) is 35.9 Å². The summed E-state index contributed by atoms with van der Waals surface area (Å²) < 4.78 is 0. The maximum absolute atomic E-state index is 10.9. The molecule has 1 aromatic heterocycles. The molecule has 0 saturated carbocycles. The number of hydrogen-bond acceptors (Lipinski definition) is 4. The van der Waals surface area contributed by atoms with Crippen LogP contribution in [0.2, 0.25) is 0 Å². The number of rotatable bonds is 3. The van der Waals surface area contributed by atoms with Crippen LogP contribution in [0.3, 0.4) is 0 Å². The Morgan fingerprint density at radius 3 is 2.94 bits per heavy atom. The third-order valence-electron chi connectivity index (χ3n) is 2.22. The van der Waals surface area contributed by atoms with Crippen LogP contribution in [0.1, 0.15) is 12.5 Å². The first-order chi connectivity index (χ1) is 8.20. The average Bonchev–Trinajstić information content (AvgIpc) is 2.35. The van der Waals surface area contributed by atoms with Crippen LogP contribution in [0, 0.1) is 11.3 Å². The van der Waals surface area contributed by atoms with E-state index in [4.69, 9.17) is 5.26 Å². The van der Waals surface area contributed by atoms with Gasteiger partial charge < -0.3 is 0 Å². The number of thioether (sulfide) groups is 1. The highest BCUT2D eigenvalue weighted by Gasteiger charge is 2.07. The van der Waals surface area contributed by atoms with Crippen molar-refractivity contribution in [1.29, 1.82) is 5.26 Å². The van der Waals surface area contributed by atoms with Crippen LogP contribution in [-0.2, 0) is 4.79 Å².